The van der Waals surface area contributed by atoms with Gasteiger partial charge in [-0.1, -0.05) is 0 Å². The van der Waals surface area contributed by atoms with E-state index in [2.05, 4.69) is 49.9 Å². The van der Waals surface area contributed by atoms with E-state index >= 15 is 0 Å². The Bertz CT molecular complexity index is 1080. The van der Waals surface area contributed by atoms with Crippen molar-refractivity contribution < 1.29 is 50.3 Å². The van der Waals surface area contributed by atoms with Gasteiger partial charge in [-0.2, -0.15) is 8.78 Å². The Labute approximate surface area is 208 Å². The minimum Gasteiger partial charge on any atom is -0.743 e. The van der Waals surface area contributed by atoms with E-state index in [1.165, 1.54) is 0 Å². The zero-order chi connectivity index (χ0) is 22.2. The van der Waals surface area contributed by atoms with Gasteiger partial charge in [0.1, 0.15) is 29.6 Å². The van der Waals surface area contributed by atoms with Crippen molar-refractivity contribution in [1.29, 1.82) is 0 Å². The highest BCUT2D eigenvalue weighted by atomic mass is 127. The van der Waals surface area contributed by atoms with E-state index < -0.39 is 51.4 Å². The number of benzene rings is 1. The molecule has 0 aliphatic carbocycles. The molecule has 15 heteroatoms. The number of fused-ring (bicyclic) bond motifs is 4. The summed E-state index contributed by atoms with van der Waals surface area (Å²) in [4.78, 5) is 24.2. The Morgan fingerprint density at radius 1 is 1.27 bits per heavy atom. The predicted molar refractivity (Wildman–Crippen MR) is 116 cm³/mol. The van der Waals surface area contributed by atoms with Gasteiger partial charge in [0.05, 0.1) is 6.42 Å². The van der Waals surface area contributed by atoms with Gasteiger partial charge in [0.25, 0.3) is 5.79 Å². The predicted octanol–water partition coefficient (Wildman–Crippen LogP) is 2.36. The fourth-order valence-corrected chi connectivity index (χ4v) is 6.02. The summed E-state index contributed by atoms with van der Waals surface area (Å²) in [5, 5.41) is -5.22. The largest absolute Gasteiger partial charge is 0.743 e. The van der Waals surface area contributed by atoms with Gasteiger partial charge >= 0.3 is 17.2 Å². The SMILES string of the molecule is O=C1OC2(CC3OC2CC3OC(=O)C(F)(F)S(=O)(=O)[O-])Oc2cc(I)c(I)c(I)c21. The van der Waals surface area contributed by atoms with Gasteiger partial charge in [0.15, 0.2) is 10.1 Å². The Hall–Kier alpha value is -0.120. The summed E-state index contributed by atoms with van der Waals surface area (Å²) in [6.07, 6.45) is -3.49. The van der Waals surface area contributed by atoms with Gasteiger partial charge in [-0.15, -0.1) is 0 Å². The molecule has 0 saturated carbocycles. The third-order valence-electron chi connectivity index (χ3n) is 4.86. The first-order valence-corrected chi connectivity index (χ1v) is 12.7. The minimum absolute atomic E-state index is 0.129. The van der Waals surface area contributed by atoms with E-state index in [9.17, 15) is 31.3 Å². The molecule has 1 aromatic carbocycles. The normalized spacial score (nSPS) is 30.1. The van der Waals surface area contributed by atoms with Crippen molar-refractivity contribution in [1.82, 2.24) is 0 Å². The number of carbonyl (C=O) groups excluding carboxylic acids is 2. The van der Waals surface area contributed by atoms with Crippen LogP contribution in [-0.4, -0.2) is 54.3 Å². The molecule has 1 spiro atoms. The highest BCUT2D eigenvalue weighted by molar-refractivity contribution is 14.1. The van der Waals surface area contributed by atoms with Crippen molar-refractivity contribution in [2.45, 2.75) is 42.2 Å². The summed E-state index contributed by atoms with van der Waals surface area (Å²) < 4.78 is 82.4. The molecule has 164 valence electrons. The molecular weight excluding hydrogens is 775 g/mol. The molecule has 9 nitrogen and oxygen atoms in total. The molecule has 0 aromatic heterocycles. The average molecular weight is 783 g/mol. The molecule has 2 bridgehead atoms. The van der Waals surface area contributed by atoms with E-state index in [-0.39, 0.29) is 24.2 Å². The summed E-state index contributed by atoms with van der Waals surface area (Å²) in [5.74, 6) is -4.35. The molecule has 3 aliphatic heterocycles. The third kappa shape index (κ3) is 3.50. The van der Waals surface area contributed by atoms with Crippen LogP contribution in [0.3, 0.4) is 0 Å². The maximum Gasteiger partial charge on any atom is 0.428 e. The summed E-state index contributed by atoms with van der Waals surface area (Å²) >= 11 is 6.19. The number of hydrogen-bond acceptors (Lipinski definition) is 9. The Morgan fingerprint density at radius 3 is 2.50 bits per heavy atom. The van der Waals surface area contributed by atoms with Crippen LogP contribution in [0.2, 0.25) is 0 Å². The second-order valence-electron chi connectivity index (χ2n) is 6.68. The quantitative estimate of drug-likeness (QED) is 0.197. The molecule has 1 aromatic rings. The van der Waals surface area contributed by atoms with Crippen LogP contribution in [0.1, 0.15) is 23.2 Å². The molecule has 0 radical (unpaired) electrons. The van der Waals surface area contributed by atoms with E-state index in [0.717, 1.165) is 7.14 Å². The molecule has 2 saturated heterocycles. The second-order valence-corrected chi connectivity index (χ2v) is 11.4. The molecular formula is C15H8F2I3O9S-. The van der Waals surface area contributed by atoms with Gasteiger partial charge in [-0.05, 0) is 73.8 Å². The fourth-order valence-electron chi connectivity index (χ4n) is 3.50. The van der Waals surface area contributed by atoms with Gasteiger partial charge in [-0.25, -0.2) is 18.0 Å². The molecule has 30 heavy (non-hydrogen) atoms. The summed E-state index contributed by atoms with van der Waals surface area (Å²) in [7, 11) is -6.23. The van der Waals surface area contributed by atoms with Gasteiger partial charge in [0, 0.05) is 17.1 Å². The molecule has 3 heterocycles. The minimum atomic E-state index is -6.23. The number of hydrogen-bond donors (Lipinski definition) is 0. The first-order chi connectivity index (χ1) is 13.8. The van der Waals surface area contributed by atoms with Gasteiger partial charge in [-0.3, -0.25) is 0 Å². The highest BCUT2D eigenvalue weighted by Gasteiger charge is 2.65. The van der Waals surface area contributed by atoms with Crippen LogP contribution in [0.15, 0.2) is 6.07 Å². The molecule has 4 unspecified atom stereocenters. The molecule has 4 atom stereocenters. The summed E-state index contributed by atoms with van der Waals surface area (Å²) in [5.41, 5.74) is 0.261. The Balaban J connectivity index is 1.54. The first kappa shape index (κ1) is 23.1. The highest BCUT2D eigenvalue weighted by Crippen LogP contribution is 2.50. The lowest BCUT2D eigenvalue weighted by Gasteiger charge is -2.40. The van der Waals surface area contributed by atoms with E-state index in [4.69, 9.17) is 14.2 Å². The van der Waals surface area contributed by atoms with Crippen molar-refractivity contribution in [3.8, 4) is 5.75 Å². The number of halogens is 5. The van der Waals surface area contributed by atoms with Gasteiger partial charge in [0.2, 0.25) is 0 Å². The van der Waals surface area contributed by atoms with Crippen molar-refractivity contribution in [3.63, 3.8) is 0 Å². The number of ether oxygens (including phenoxy) is 4. The second kappa shape index (κ2) is 7.45. The lowest BCUT2D eigenvalue weighted by Crippen LogP contribution is -2.54. The molecule has 4 rings (SSSR count). The van der Waals surface area contributed by atoms with Crippen LogP contribution in [0.5, 0.6) is 5.75 Å². The number of carbonyl (C=O) groups is 2. The van der Waals surface area contributed by atoms with Crippen molar-refractivity contribution in [2.24, 2.45) is 0 Å². The molecule has 2 fully saturated rings. The van der Waals surface area contributed by atoms with Gasteiger partial charge < -0.3 is 23.5 Å². The fraction of sp³-hybridized carbons (Fsp3) is 0.467. The first-order valence-electron chi connectivity index (χ1n) is 8.06. The Kier molecular flexibility index (Phi) is 5.73. The van der Waals surface area contributed by atoms with Crippen molar-refractivity contribution >= 4 is 89.8 Å². The zero-order valence-electron chi connectivity index (χ0n) is 14.2. The summed E-state index contributed by atoms with van der Waals surface area (Å²) in [6, 6.07) is 1.67. The number of esters is 2. The van der Waals surface area contributed by atoms with Crippen LogP contribution in [0, 0.1) is 10.7 Å². The van der Waals surface area contributed by atoms with Crippen LogP contribution in [-0.2, 0) is 29.1 Å². The van der Waals surface area contributed by atoms with E-state index in [1.807, 2.05) is 22.6 Å². The van der Waals surface area contributed by atoms with Crippen LogP contribution in [0.25, 0.3) is 0 Å². The topological polar surface area (TPSA) is 128 Å². The number of rotatable bonds is 3. The average Bonchev–Trinajstić information content (AvgIpc) is 3.15. The maximum atomic E-state index is 13.4. The molecule has 0 amide bonds. The smallest absolute Gasteiger partial charge is 0.428 e. The monoisotopic (exact) mass is 783 g/mol. The van der Waals surface area contributed by atoms with E-state index in [1.54, 1.807) is 6.07 Å². The number of alkyl halides is 2. The molecule has 3 aliphatic rings. The van der Waals surface area contributed by atoms with Crippen molar-refractivity contribution in [2.75, 3.05) is 0 Å². The van der Waals surface area contributed by atoms with Crippen LogP contribution in [0.4, 0.5) is 8.78 Å². The maximum absolute atomic E-state index is 13.4. The lowest BCUT2D eigenvalue weighted by atomic mass is 9.90. The lowest BCUT2D eigenvalue weighted by molar-refractivity contribution is -0.192. The zero-order valence-corrected chi connectivity index (χ0v) is 21.5. The third-order valence-corrected chi connectivity index (χ3v) is 10.8. The van der Waals surface area contributed by atoms with Crippen LogP contribution >= 0.6 is 67.8 Å². The molecule has 0 N–H and O–H groups in total. The van der Waals surface area contributed by atoms with Crippen molar-refractivity contribution in [3.05, 3.63) is 22.3 Å². The van der Waals surface area contributed by atoms with Crippen LogP contribution < -0.4 is 4.74 Å². The standard InChI is InChI=1S/C15H9F2I3O9S/c16-15(17,30(23,24)25)13(22)27-5-2-8-14(3-7(5)26-8)28-6-1-4(18)10(19)11(20)9(6)12(21)29-14/h1,5,7-8H,2-3H2,(H,23,24,25)/p-1. The Morgan fingerprint density at radius 2 is 1.93 bits per heavy atom. The van der Waals surface area contributed by atoms with E-state index in [0.29, 0.717) is 3.57 Å². The summed E-state index contributed by atoms with van der Waals surface area (Å²) in [6.45, 7) is 0.